The van der Waals surface area contributed by atoms with Crippen LogP contribution in [0.15, 0.2) is 28.7 Å². The molecule has 0 spiro atoms. The second kappa shape index (κ2) is 6.87. The van der Waals surface area contributed by atoms with Crippen molar-refractivity contribution in [2.24, 2.45) is 0 Å². The van der Waals surface area contributed by atoms with Gasteiger partial charge in [0.1, 0.15) is 0 Å². The molecule has 106 valence electrons. The molecule has 1 heterocycles. The van der Waals surface area contributed by atoms with E-state index >= 15 is 0 Å². The smallest absolute Gasteiger partial charge is 0.253 e. The molecular formula is C15H18BrN3O. The maximum atomic E-state index is 12.4. The molecule has 0 radical (unpaired) electrons. The first-order chi connectivity index (χ1) is 9.61. The lowest BCUT2D eigenvalue weighted by molar-refractivity contribution is 0.0586. The normalized spacial score (nSPS) is 17.6. The number of rotatable bonds is 3. The van der Waals surface area contributed by atoms with Crippen molar-refractivity contribution >= 4 is 21.8 Å². The molecule has 1 aromatic carbocycles. The number of halogens is 1. The van der Waals surface area contributed by atoms with E-state index in [2.05, 4.69) is 33.8 Å². The van der Waals surface area contributed by atoms with Crippen molar-refractivity contribution in [3.63, 3.8) is 0 Å². The molecule has 0 aromatic heterocycles. The summed E-state index contributed by atoms with van der Waals surface area (Å²) in [5, 5.41) is 8.73. The van der Waals surface area contributed by atoms with Crippen LogP contribution in [0, 0.1) is 11.3 Å². The van der Waals surface area contributed by atoms with Crippen LogP contribution in [-0.2, 0) is 0 Å². The maximum absolute atomic E-state index is 12.4. The summed E-state index contributed by atoms with van der Waals surface area (Å²) in [4.78, 5) is 16.5. The molecule has 1 aliphatic heterocycles. The minimum absolute atomic E-state index is 0.0880. The van der Waals surface area contributed by atoms with Crippen LogP contribution in [-0.4, -0.2) is 47.9 Å². The van der Waals surface area contributed by atoms with Crippen molar-refractivity contribution in [3.05, 3.63) is 34.3 Å². The van der Waals surface area contributed by atoms with Crippen LogP contribution in [0.1, 0.15) is 23.7 Å². The molecule has 20 heavy (non-hydrogen) atoms. The third kappa shape index (κ3) is 3.59. The van der Waals surface area contributed by atoms with Crippen LogP contribution in [0.5, 0.6) is 0 Å². The molecular weight excluding hydrogens is 318 g/mol. The zero-order valence-corrected chi connectivity index (χ0v) is 13.1. The fourth-order valence-electron chi connectivity index (χ4n) is 2.40. The summed E-state index contributed by atoms with van der Waals surface area (Å²) in [5.41, 5.74) is 0.728. The van der Waals surface area contributed by atoms with Crippen molar-refractivity contribution in [1.82, 2.24) is 9.80 Å². The maximum Gasteiger partial charge on any atom is 0.253 e. The third-order valence-electron chi connectivity index (χ3n) is 3.70. The highest BCUT2D eigenvalue weighted by atomic mass is 79.9. The van der Waals surface area contributed by atoms with Crippen LogP contribution < -0.4 is 0 Å². The van der Waals surface area contributed by atoms with Gasteiger partial charge < -0.3 is 4.90 Å². The van der Waals surface area contributed by atoms with E-state index in [1.807, 2.05) is 29.2 Å². The number of hydrogen-bond donors (Lipinski definition) is 0. The summed E-state index contributed by atoms with van der Waals surface area (Å²) >= 11 is 3.37. The number of carbonyl (C=O) groups is 1. The van der Waals surface area contributed by atoms with Crippen LogP contribution >= 0.6 is 15.9 Å². The molecule has 0 aliphatic carbocycles. The summed E-state index contributed by atoms with van der Waals surface area (Å²) in [6, 6.07) is 9.94. The molecule has 1 atom stereocenters. The van der Waals surface area contributed by atoms with Crippen molar-refractivity contribution in [2.75, 3.05) is 26.2 Å². The molecule has 1 aliphatic rings. The van der Waals surface area contributed by atoms with Gasteiger partial charge in [0, 0.05) is 42.3 Å². The number of amides is 1. The van der Waals surface area contributed by atoms with Gasteiger partial charge in [-0.05, 0) is 31.2 Å². The summed E-state index contributed by atoms with van der Waals surface area (Å²) in [5.74, 6) is 0.0880. The number of carbonyl (C=O) groups excluding carboxylic acids is 1. The van der Waals surface area contributed by atoms with Gasteiger partial charge in [-0.15, -0.1) is 0 Å². The van der Waals surface area contributed by atoms with Crippen molar-refractivity contribution in [3.8, 4) is 6.07 Å². The van der Waals surface area contributed by atoms with E-state index in [-0.39, 0.29) is 11.9 Å². The van der Waals surface area contributed by atoms with Gasteiger partial charge in [-0.2, -0.15) is 5.26 Å². The molecule has 4 nitrogen and oxygen atoms in total. The minimum atomic E-state index is 0.0880. The summed E-state index contributed by atoms with van der Waals surface area (Å²) in [6.45, 7) is 5.20. The van der Waals surface area contributed by atoms with Gasteiger partial charge in [0.2, 0.25) is 0 Å². The van der Waals surface area contributed by atoms with E-state index in [1.165, 1.54) is 0 Å². The van der Waals surface area contributed by atoms with Crippen LogP contribution in [0.2, 0.25) is 0 Å². The summed E-state index contributed by atoms with van der Waals surface area (Å²) < 4.78 is 0.976. The minimum Gasteiger partial charge on any atom is -0.336 e. The van der Waals surface area contributed by atoms with Crippen LogP contribution in [0.3, 0.4) is 0 Å². The molecule has 1 amide bonds. The van der Waals surface area contributed by atoms with Crippen molar-refractivity contribution < 1.29 is 4.79 Å². The van der Waals surface area contributed by atoms with Gasteiger partial charge in [0.25, 0.3) is 5.91 Å². The Labute approximate surface area is 128 Å². The van der Waals surface area contributed by atoms with E-state index in [1.54, 1.807) is 0 Å². The van der Waals surface area contributed by atoms with E-state index in [4.69, 9.17) is 5.26 Å². The number of hydrogen-bond acceptors (Lipinski definition) is 3. The molecule has 1 aromatic rings. The largest absolute Gasteiger partial charge is 0.336 e. The molecule has 0 N–H and O–H groups in total. The van der Waals surface area contributed by atoms with Gasteiger partial charge in [0.15, 0.2) is 0 Å². The second-order valence-corrected chi connectivity index (χ2v) is 5.96. The first kappa shape index (κ1) is 15.0. The zero-order valence-electron chi connectivity index (χ0n) is 11.6. The first-order valence-corrected chi connectivity index (χ1v) is 7.57. The van der Waals surface area contributed by atoms with E-state index in [0.29, 0.717) is 6.42 Å². The lowest BCUT2D eigenvalue weighted by Crippen LogP contribution is -2.51. The van der Waals surface area contributed by atoms with E-state index < -0.39 is 0 Å². The Morgan fingerprint density at radius 3 is 2.45 bits per heavy atom. The van der Waals surface area contributed by atoms with Crippen LogP contribution in [0.4, 0.5) is 0 Å². The monoisotopic (exact) mass is 335 g/mol. The fraction of sp³-hybridized carbons (Fsp3) is 0.467. The van der Waals surface area contributed by atoms with Gasteiger partial charge in [0.05, 0.1) is 12.5 Å². The topological polar surface area (TPSA) is 47.3 Å². The Morgan fingerprint density at radius 1 is 1.30 bits per heavy atom. The number of nitriles is 1. The van der Waals surface area contributed by atoms with Gasteiger partial charge in [-0.3, -0.25) is 9.69 Å². The second-order valence-electron chi connectivity index (χ2n) is 5.05. The Bertz CT molecular complexity index is 501. The highest BCUT2D eigenvalue weighted by Crippen LogP contribution is 2.15. The predicted octanol–water partition coefficient (Wildman–Crippen LogP) is 2.51. The number of piperazine rings is 1. The molecule has 1 fully saturated rings. The third-order valence-corrected chi connectivity index (χ3v) is 4.23. The number of nitrogens with zero attached hydrogens (tertiary/aromatic N) is 3. The van der Waals surface area contributed by atoms with Gasteiger partial charge in [-0.25, -0.2) is 0 Å². The molecule has 0 saturated carbocycles. The number of benzene rings is 1. The highest BCUT2D eigenvalue weighted by Gasteiger charge is 2.24. The lowest BCUT2D eigenvalue weighted by Gasteiger charge is -2.37. The van der Waals surface area contributed by atoms with Crippen LogP contribution in [0.25, 0.3) is 0 Å². The summed E-state index contributed by atoms with van der Waals surface area (Å²) in [7, 11) is 0. The fourth-order valence-corrected chi connectivity index (χ4v) is 2.67. The average Bonchev–Trinajstić information content (AvgIpc) is 2.48. The molecule has 0 bridgehead atoms. The van der Waals surface area contributed by atoms with Gasteiger partial charge in [-0.1, -0.05) is 15.9 Å². The van der Waals surface area contributed by atoms with Crippen molar-refractivity contribution in [2.45, 2.75) is 19.4 Å². The molecule has 1 unspecified atom stereocenters. The van der Waals surface area contributed by atoms with Gasteiger partial charge >= 0.3 is 0 Å². The molecule has 1 saturated heterocycles. The van der Waals surface area contributed by atoms with E-state index in [9.17, 15) is 4.79 Å². The Kier molecular flexibility index (Phi) is 5.16. The Morgan fingerprint density at radius 2 is 1.90 bits per heavy atom. The quantitative estimate of drug-likeness (QED) is 0.852. The molecule has 5 heteroatoms. The highest BCUT2D eigenvalue weighted by molar-refractivity contribution is 9.10. The Hall–Kier alpha value is -1.38. The first-order valence-electron chi connectivity index (χ1n) is 6.77. The van der Waals surface area contributed by atoms with Crippen molar-refractivity contribution in [1.29, 1.82) is 5.26 Å². The predicted molar refractivity (Wildman–Crippen MR) is 81.3 cm³/mol. The van der Waals surface area contributed by atoms with E-state index in [0.717, 1.165) is 36.2 Å². The average molecular weight is 336 g/mol. The SMILES string of the molecule is CC(CC#N)N1CCN(C(=O)c2ccc(Br)cc2)CC1. The zero-order chi connectivity index (χ0) is 14.5. The lowest BCUT2D eigenvalue weighted by atomic mass is 10.1. The Balaban J connectivity index is 1.92. The molecule has 2 rings (SSSR count). The summed E-state index contributed by atoms with van der Waals surface area (Å²) in [6.07, 6.45) is 0.542. The standard InChI is InChI=1S/C15H18BrN3O/c1-12(6-7-17)18-8-10-19(11-9-18)15(20)13-2-4-14(16)5-3-13/h2-5,12H,6,8-11H2,1H3.